The van der Waals surface area contributed by atoms with Crippen LogP contribution in [0.2, 0.25) is 0 Å². The fourth-order valence-electron chi connectivity index (χ4n) is 0.763. The van der Waals surface area contributed by atoms with Crippen LogP contribution in [0, 0.1) is 0 Å². The molecule has 0 saturated heterocycles. The van der Waals surface area contributed by atoms with Gasteiger partial charge in [0, 0.05) is 17.6 Å². The van der Waals surface area contributed by atoms with Gasteiger partial charge in [0.05, 0.1) is 0 Å². The number of alkyl halides is 1. The zero-order chi connectivity index (χ0) is 11.4. The zero-order valence-electron chi connectivity index (χ0n) is 8.58. The van der Waals surface area contributed by atoms with Crippen molar-refractivity contribution in [3.63, 3.8) is 0 Å². The van der Waals surface area contributed by atoms with Crippen LogP contribution in [0.3, 0.4) is 0 Å². The smallest absolute Gasteiger partial charge is 0.238 e. The maximum Gasteiger partial charge on any atom is 0.238 e. The van der Waals surface area contributed by atoms with Crippen molar-refractivity contribution in [3.05, 3.63) is 0 Å². The quantitative estimate of drug-likeness (QED) is 0.757. The second-order valence-electron chi connectivity index (χ2n) is 3.24. The van der Waals surface area contributed by atoms with Crippen molar-refractivity contribution in [2.75, 3.05) is 11.6 Å². The average molecular weight is 286 g/mol. The van der Waals surface area contributed by atoms with E-state index in [-0.39, 0.29) is 6.04 Å². The molecule has 0 radical (unpaired) electrons. The number of nitrogens with one attached hydrogen (secondary N) is 1. The van der Waals surface area contributed by atoms with E-state index < -0.39 is 21.0 Å². The van der Waals surface area contributed by atoms with E-state index in [1.807, 2.05) is 6.92 Å². The first-order valence-corrected chi connectivity index (χ1v) is 7.45. The minimum Gasteiger partial charge on any atom is -0.351 e. The van der Waals surface area contributed by atoms with E-state index in [2.05, 4.69) is 21.2 Å². The van der Waals surface area contributed by atoms with Gasteiger partial charge < -0.3 is 5.32 Å². The number of sulfone groups is 1. The topological polar surface area (TPSA) is 63.2 Å². The Morgan fingerprint density at radius 1 is 1.50 bits per heavy atom. The Kier molecular flexibility index (Phi) is 5.66. The van der Waals surface area contributed by atoms with Crippen molar-refractivity contribution in [1.29, 1.82) is 0 Å². The normalized spacial score (nSPS) is 16.0. The fraction of sp³-hybridized carbons (Fsp3) is 0.875. The van der Waals surface area contributed by atoms with Crippen LogP contribution < -0.4 is 5.32 Å². The van der Waals surface area contributed by atoms with Crippen molar-refractivity contribution in [2.45, 2.75) is 31.6 Å². The summed E-state index contributed by atoms with van der Waals surface area (Å²) < 4.78 is 22.1. The van der Waals surface area contributed by atoms with Crippen molar-refractivity contribution in [2.24, 2.45) is 0 Å². The molecule has 6 heteroatoms. The Labute approximate surface area is 93.5 Å². The van der Waals surface area contributed by atoms with Gasteiger partial charge in [0.2, 0.25) is 5.91 Å². The summed E-state index contributed by atoms with van der Waals surface area (Å²) in [5, 5.41) is 2.31. The lowest BCUT2D eigenvalue weighted by molar-refractivity contribution is -0.121. The second-order valence-corrected chi connectivity index (χ2v) is 6.25. The molecule has 2 atom stereocenters. The predicted molar refractivity (Wildman–Crippen MR) is 60.3 cm³/mol. The molecule has 0 aliphatic heterocycles. The number of carbonyl (C=O) groups is 1. The number of halogens is 1. The molecular formula is C8H16BrNO3S. The highest BCUT2D eigenvalue weighted by Gasteiger charge is 2.24. The minimum absolute atomic E-state index is 0.00769. The van der Waals surface area contributed by atoms with Gasteiger partial charge in [-0.15, -0.1) is 0 Å². The molecule has 84 valence electrons. The highest BCUT2D eigenvalue weighted by atomic mass is 79.9. The number of rotatable bonds is 5. The van der Waals surface area contributed by atoms with E-state index in [1.165, 1.54) is 6.92 Å². The molecule has 0 fully saturated rings. The van der Waals surface area contributed by atoms with Gasteiger partial charge in [-0.25, -0.2) is 8.42 Å². The molecule has 1 N–H and O–H groups in total. The summed E-state index contributed by atoms with van der Waals surface area (Å²) in [6, 6.07) is -0.00769. The van der Waals surface area contributed by atoms with Crippen LogP contribution >= 0.6 is 15.9 Å². The van der Waals surface area contributed by atoms with E-state index >= 15 is 0 Å². The third-order valence-electron chi connectivity index (χ3n) is 2.04. The van der Waals surface area contributed by atoms with Gasteiger partial charge in [0.1, 0.15) is 5.25 Å². The summed E-state index contributed by atoms with van der Waals surface area (Å²) in [6.07, 6.45) is 1.83. The maximum absolute atomic E-state index is 11.4. The number of amides is 1. The summed E-state index contributed by atoms with van der Waals surface area (Å²) in [5.74, 6) is -0.432. The zero-order valence-corrected chi connectivity index (χ0v) is 11.0. The van der Waals surface area contributed by atoms with Gasteiger partial charge in [0.15, 0.2) is 9.84 Å². The van der Waals surface area contributed by atoms with Crippen LogP contribution in [0.15, 0.2) is 0 Å². The fourth-order valence-corrected chi connectivity index (χ4v) is 1.84. The molecule has 0 aliphatic rings. The van der Waals surface area contributed by atoms with Gasteiger partial charge in [-0.3, -0.25) is 4.79 Å². The highest BCUT2D eigenvalue weighted by molar-refractivity contribution is 9.09. The molecule has 0 aromatic carbocycles. The van der Waals surface area contributed by atoms with Crippen LogP contribution in [0.4, 0.5) is 0 Å². The lowest BCUT2D eigenvalue weighted by Crippen LogP contribution is -2.43. The van der Waals surface area contributed by atoms with E-state index in [0.29, 0.717) is 5.33 Å². The van der Waals surface area contributed by atoms with Crippen molar-refractivity contribution in [1.82, 2.24) is 5.32 Å². The number of carbonyl (C=O) groups excluding carboxylic acids is 1. The lowest BCUT2D eigenvalue weighted by Gasteiger charge is -2.16. The second kappa shape index (κ2) is 5.70. The molecule has 0 heterocycles. The number of hydrogen-bond acceptors (Lipinski definition) is 3. The van der Waals surface area contributed by atoms with Crippen LogP contribution in [0.25, 0.3) is 0 Å². The predicted octanol–water partition coefficient (Wildman–Crippen LogP) is 0.709. The molecule has 0 aromatic heterocycles. The molecule has 4 nitrogen and oxygen atoms in total. The molecule has 0 rings (SSSR count). The molecule has 0 spiro atoms. The van der Waals surface area contributed by atoms with Gasteiger partial charge in [-0.1, -0.05) is 22.9 Å². The summed E-state index contributed by atoms with van der Waals surface area (Å²) in [6.45, 7) is 3.32. The monoisotopic (exact) mass is 285 g/mol. The standard InChI is InChI=1S/C8H16BrNO3S/c1-4-7(5-9)10-8(11)6(2)14(3,12)13/h6-7H,4-5H2,1-3H3,(H,10,11). The van der Waals surface area contributed by atoms with E-state index in [0.717, 1.165) is 12.7 Å². The average Bonchev–Trinajstić information content (AvgIpc) is 2.11. The Balaban J connectivity index is 4.35. The first-order valence-electron chi connectivity index (χ1n) is 4.38. The highest BCUT2D eigenvalue weighted by Crippen LogP contribution is 2.01. The third-order valence-corrected chi connectivity index (χ3v) is 4.32. The molecule has 14 heavy (non-hydrogen) atoms. The minimum atomic E-state index is -3.29. The van der Waals surface area contributed by atoms with Crippen LogP contribution in [0.1, 0.15) is 20.3 Å². The molecule has 1 amide bonds. The van der Waals surface area contributed by atoms with Crippen molar-refractivity contribution in [3.8, 4) is 0 Å². The van der Waals surface area contributed by atoms with Gasteiger partial charge in [0.25, 0.3) is 0 Å². The molecular weight excluding hydrogens is 270 g/mol. The van der Waals surface area contributed by atoms with E-state index in [9.17, 15) is 13.2 Å². The van der Waals surface area contributed by atoms with Crippen LogP contribution in [-0.4, -0.2) is 37.2 Å². The maximum atomic E-state index is 11.4. The Morgan fingerprint density at radius 2 is 2.00 bits per heavy atom. The van der Waals surface area contributed by atoms with Gasteiger partial charge in [-0.2, -0.15) is 0 Å². The molecule has 0 aliphatic carbocycles. The third kappa shape index (κ3) is 4.41. The Morgan fingerprint density at radius 3 is 2.29 bits per heavy atom. The molecule has 0 aromatic rings. The SMILES string of the molecule is CCC(CBr)NC(=O)C(C)S(C)(=O)=O. The van der Waals surface area contributed by atoms with Crippen LogP contribution in [-0.2, 0) is 14.6 Å². The first-order chi connectivity index (χ1) is 6.32. The largest absolute Gasteiger partial charge is 0.351 e. The van der Waals surface area contributed by atoms with Gasteiger partial charge >= 0.3 is 0 Å². The molecule has 0 saturated carbocycles. The molecule has 2 unspecified atom stereocenters. The van der Waals surface area contributed by atoms with Gasteiger partial charge in [-0.05, 0) is 13.3 Å². The number of hydrogen-bond donors (Lipinski definition) is 1. The summed E-state index contributed by atoms with van der Waals surface area (Å²) >= 11 is 3.24. The lowest BCUT2D eigenvalue weighted by atomic mass is 10.2. The van der Waals surface area contributed by atoms with Crippen molar-refractivity contribution < 1.29 is 13.2 Å². The first kappa shape index (κ1) is 13.9. The van der Waals surface area contributed by atoms with E-state index in [4.69, 9.17) is 0 Å². The Hall–Kier alpha value is -0.100. The summed E-state index contributed by atoms with van der Waals surface area (Å²) in [5.41, 5.74) is 0. The Bertz CT molecular complexity index is 285. The molecule has 0 bridgehead atoms. The van der Waals surface area contributed by atoms with Crippen LogP contribution in [0.5, 0.6) is 0 Å². The summed E-state index contributed by atoms with van der Waals surface area (Å²) in [4.78, 5) is 11.4. The van der Waals surface area contributed by atoms with E-state index in [1.54, 1.807) is 0 Å². The van der Waals surface area contributed by atoms with Crippen molar-refractivity contribution >= 4 is 31.7 Å². The summed E-state index contributed by atoms with van der Waals surface area (Å²) in [7, 11) is -3.29.